The molecular weight excluding hydrogens is 368 g/mol. The Morgan fingerprint density at radius 1 is 0.963 bits per heavy atom. The number of phenols is 1. The first kappa shape index (κ1) is 20.4. The standard InChI is InChI=1S/C19H22N2O5S/c1-3-14-4-6-15(7-5-14)20-18(23)12-27(25,26)13(2)19(24)21-16-8-10-17(22)11-9-16/h4-11,13,22H,3,12H2,1-2H3,(H,20,23)(H,21,24). The molecule has 0 radical (unpaired) electrons. The molecule has 0 heterocycles. The Labute approximate surface area is 158 Å². The van der Waals surface area contributed by atoms with Crippen molar-refractivity contribution in [1.82, 2.24) is 0 Å². The van der Waals surface area contributed by atoms with Crippen LogP contribution in [0.25, 0.3) is 0 Å². The highest BCUT2D eigenvalue weighted by molar-refractivity contribution is 7.93. The first-order chi connectivity index (χ1) is 12.7. The number of rotatable bonds is 7. The molecule has 1 unspecified atom stereocenters. The summed E-state index contributed by atoms with van der Waals surface area (Å²) in [5, 5.41) is 12.8. The summed E-state index contributed by atoms with van der Waals surface area (Å²) in [5.74, 6) is -2.23. The van der Waals surface area contributed by atoms with Gasteiger partial charge in [-0.3, -0.25) is 9.59 Å². The Bertz CT molecular complexity index is 906. The van der Waals surface area contributed by atoms with Gasteiger partial charge in [-0.25, -0.2) is 8.42 Å². The van der Waals surface area contributed by atoms with Gasteiger partial charge in [-0.15, -0.1) is 0 Å². The summed E-state index contributed by atoms with van der Waals surface area (Å²) in [6.45, 7) is 3.24. The molecule has 3 N–H and O–H groups in total. The molecule has 2 aromatic rings. The fraction of sp³-hybridized carbons (Fsp3) is 0.263. The third-order valence-corrected chi connectivity index (χ3v) is 5.98. The van der Waals surface area contributed by atoms with Gasteiger partial charge in [0.2, 0.25) is 11.8 Å². The summed E-state index contributed by atoms with van der Waals surface area (Å²) in [5.41, 5.74) is 1.94. The molecule has 144 valence electrons. The van der Waals surface area contributed by atoms with E-state index in [9.17, 15) is 23.1 Å². The third kappa shape index (κ3) is 5.82. The van der Waals surface area contributed by atoms with E-state index in [4.69, 9.17) is 0 Å². The van der Waals surface area contributed by atoms with E-state index in [1.54, 1.807) is 12.1 Å². The summed E-state index contributed by atoms with van der Waals surface area (Å²) in [6.07, 6.45) is 0.857. The van der Waals surface area contributed by atoms with Gasteiger partial charge in [0.15, 0.2) is 9.84 Å². The van der Waals surface area contributed by atoms with E-state index in [2.05, 4.69) is 10.6 Å². The fourth-order valence-electron chi connectivity index (χ4n) is 2.28. The molecule has 0 fully saturated rings. The molecule has 0 saturated carbocycles. The van der Waals surface area contributed by atoms with E-state index in [1.165, 1.54) is 31.2 Å². The van der Waals surface area contributed by atoms with Crippen LogP contribution in [-0.2, 0) is 25.8 Å². The van der Waals surface area contributed by atoms with E-state index >= 15 is 0 Å². The van der Waals surface area contributed by atoms with Crippen molar-refractivity contribution in [2.45, 2.75) is 25.5 Å². The van der Waals surface area contributed by atoms with Gasteiger partial charge in [0, 0.05) is 11.4 Å². The van der Waals surface area contributed by atoms with Crippen molar-refractivity contribution in [2.24, 2.45) is 0 Å². The number of aromatic hydroxyl groups is 1. The van der Waals surface area contributed by atoms with Crippen LogP contribution < -0.4 is 10.6 Å². The van der Waals surface area contributed by atoms with Crippen LogP contribution in [0, 0.1) is 0 Å². The second-order valence-corrected chi connectivity index (χ2v) is 8.41. The molecule has 0 aliphatic heterocycles. The van der Waals surface area contributed by atoms with E-state index in [0.29, 0.717) is 11.4 Å². The maximum Gasteiger partial charge on any atom is 0.242 e. The highest BCUT2D eigenvalue weighted by atomic mass is 32.2. The van der Waals surface area contributed by atoms with Crippen molar-refractivity contribution in [1.29, 1.82) is 0 Å². The molecule has 7 nitrogen and oxygen atoms in total. The average molecular weight is 390 g/mol. The number of nitrogens with one attached hydrogen (secondary N) is 2. The molecule has 0 aromatic heterocycles. The Balaban J connectivity index is 1.97. The largest absolute Gasteiger partial charge is 0.508 e. The molecule has 0 aliphatic rings. The van der Waals surface area contributed by atoms with Crippen LogP contribution in [0.15, 0.2) is 48.5 Å². The van der Waals surface area contributed by atoms with E-state index in [1.807, 2.05) is 19.1 Å². The molecule has 2 aromatic carbocycles. The SMILES string of the molecule is CCc1ccc(NC(=O)CS(=O)(=O)C(C)C(=O)Nc2ccc(O)cc2)cc1. The fourth-order valence-corrected chi connectivity index (χ4v) is 3.35. The van der Waals surface area contributed by atoms with Gasteiger partial charge in [0.05, 0.1) is 0 Å². The van der Waals surface area contributed by atoms with Gasteiger partial charge in [0.1, 0.15) is 16.8 Å². The predicted molar refractivity (Wildman–Crippen MR) is 104 cm³/mol. The van der Waals surface area contributed by atoms with E-state index in [-0.39, 0.29) is 5.75 Å². The highest BCUT2D eigenvalue weighted by Crippen LogP contribution is 2.15. The summed E-state index contributed by atoms with van der Waals surface area (Å²) in [7, 11) is -3.99. The molecule has 1 atom stereocenters. The zero-order chi connectivity index (χ0) is 20.0. The maximum absolute atomic E-state index is 12.4. The molecule has 27 heavy (non-hydrogen) atoms. The number of phenolic OH excluding ortho intramolecular Hbond substituents is 1. The zero-order valence-corrected chi connectivity index (χ0v) is 15.9. The second-order valence-electron chi connectivity index (χ2n) is 6.08. The molecular formula is C19H22N2O5S. The number of amides is 2. The zero-order valence-electron chi connectivity index (χ0n) is 15.1. The highest BCUT2D eigenvalue weighted by Gasteiger charge is 2.30. The van der Waals surface area contributed by atoms with Gasteiger partial charge in [0.25, 0.3) is 0 Å². The Kier molecular flexibility index (Phi) is 6.57. The van der Waals surface area contributed by atoms with Crippen LogP contribution in [0.4, 0.5) is 11.4 Å². The van der Waals surface area contributed by atoms with Crippen LogP contribution in [0.5, 0.6) is 5.75 Å². The monoisotopic (exact) mass is 390 g/mol. The van der Waals surface area contributed by atoms with Crippen molar-refractivity contribution in [2.75, 3.05) is 16.4 Å². The number of sulfone groups is 1. The predicted octanol–water partition coefficient (Wildman–Crippen LogP) is 2.34. The Morgan fingerprint density at radius 3 is 2.04 bits per heavy atom. The molecule has 0 aliphatic carbocycles. The summed E-state index contributed by atoms with van der Waals surface area (Å²) < 4.78 is 24.7. The van der Waals surface area contributed by atoms with Gasteiger partial charge >= 0.3 is 0 Å². The van der Waals surface area contributed by atoms with Gasteiger partial charge in [-0.05, 0) is 55.3 Å². The Hall–Kier alpha value is -2.87. The van der Waals surface area contributed by atoms with Crippen LogP contribution >= 0.6 is 0 Å². The number of hydrogen-bond donors (Lipinski definition) is 3. The molecule has 2 rings (SSSR count). The summed E-state index contributed by atoms with van der Waals surface area (Å²) >= 11 is 0. The van der Waals surface area contributed by atoms with Crippen molar-refractivity contribution in [3.8, 4) is 5.75 Å². The normalized spacial score (nSPS) is 12.2. The van der Waals surface area contributed by atoms with Gasteiger partial charge in [-0.1, -0.05) is 19.1 Å². The van der Waals surface area contributed by atoms with Crippen LogP contribution in [0.2, 0.25) is 0 Å². The van der Waals surface area contributed by atoms with Crippen LogP contribution in [0.3, 0.4) is 0 Å². The van der Waals surface area contributed by atoms with Crippen molar-refractivity contribution < 1.29 is 23.1 Å². The second kappa shape index (κ2) is 8.68. The van der Waals surface area contributed by atoms with Gasteiger partial charge < -0.3 is 15.7 Å². The first-order valence-corrected chi connectivity index (χ1v) is 10.1. The Morgan fingerprint density at radius 2 is 1.48 bits per heavy atom. The molecule has 8 heteroatoms. The topological polar surface area (TPSA) is 113 Å². The smallest absolute Gasteiger partial charge is 0.242 e. The number of aryl methyl sites for hydroxylation is 1. The van der Waals surface area contributed by atoms with Crippen molar-refractivity contribution in [3.63, 3.8) is 0 Å². The minimum absolute atomic E-state index is 0.0253. The first-order valence-electron chi connectivity index (χ1n) is 8.41. The van der Waals surface area contributed by atoms with Gasteiger partial charge in [-0.2, -0.15) is 0 Å². The van der Waals surface area contributed by atoms with Crippen LogP contribution in [0.1, 0.15) is 19.4 Å². The van der Waals surface area contributed by atoms with Crippen molar-refractivity contribution >= 4 is 33.0 Å². The average Bonchev–Trinajstić information content (AvgIpc) is 2.63. The number of anilines is 2. The van der Waals surface area contributed by atoms with E-state index < -0.39 is 32.7 Å². The number of hydrogen-bond acceptors (Lipinski definition) is 5. The summed E-state index contributed by atoms with van der Waals surface area (Å²) in [4.78, 5) is 24.2. The molecule has 2 amide bonds. The molecule has 0 saturated heterocycles. The number of carbonyl (C=O) groups is 2. The van der Waals surface area contributed by atoms with Crippen molar-refractivity contribution in [3.05, 3.63) is 54.1 Å². The number of carbonyl (C=O) groups excluding carboxylic acids is 2. The third-order valence-electron chi connectivity index (χ3n) is 4.02. The van der Waals surface area contributed by atoms with Crippen LogP contribution in [-0.4, -0.2) is 36.3 Å². The lowest BCUT2D eigenvalue weighted by molar-refractivity contribution is -0.115. The summed E-state index contributed by atoms with van der Waals surface area (Å²) in [6, 6.07) is 12.7. The molecule has 0 bridgehead atoms. The minimum Gasteiger partial charge on any atom is -0.508 e. The van der Waals surface area contributed by atoms with E-state index in [0.717, 1.165) is 12.0 Å². The lowest BCUT2D eigenvalue weighted by Crippen LogP contribution is -2.37. The quantitative estimate of drug-likeness (QED) is 0.628. The lowest BCUT2D eigenvalue weighted by Gasteiger charge is -2.13. The maximum atomic E-state index is 12.4. The molecule has 0 spiro atoms. The lowest BCUT2D eigenvalue weighted by atomic mass is 10.1. The number of benzene rings is 2. The minimum atomic E-state index is -3.99.